The number of anilines is 1. The Hall–Kier alpha value is -3.36. The quantitative estimate of drug-likeness (QED) is 0.525. The smallest absolute Gasteiger partial charge is 0.255 e. The van der Waals surface area contributed by atoms with Crippen molar-refractivity contribution in [1.82, 2.24) is 4.31 Å². The topological polar surface area (TPSA) is 84.9 Å². The van der Waals surface area contributed by atoms with E-state index in [1.54, 1.807) is 31.2 Å². The Labute approximate surface area is 188 Å². The number of nitrogens with one attached hydrogen (secondary N) is 1. The Bertz CT molecular complexity index is 1180. The number of benzene rings is 3. The second-order valence-electron chi connectivity index (χ2n) is 6.94. The minimum Gasteiger partial charge on any atom is -0.495 e. The molecule has 3 rings (SSSR count). The summed E-state index contributed by atoms with van der Waals surface area (Å²) < 4.78 is 38.9. The van der Waals surface area contributed by atoms with Crippen LogP contribution in [0.25, 0.3) is 0 Å². The molecule has 0 fully saturated rings. The molecule has 7 nitrogen and oxygen atoms in total. The maximum atomic E-state index is 13.5. The monoisotopic (exact) mass is 454 g/mol. The van der Waals surface area contributed by atoms with Crippen molar-refractivity contribution in [1.29, 1.82) is 0 Å². The molecule has 0 aliphatic carbocycles. The van der Waals surface area contributed by atoms with Gasteiger partial charge >= 0.3 is 0 Å². The highest BCUT2D eigenvalue weighted by molar-refractivity contribution is 7.89. The molecule has 0 aromatic heterocycles. The molecular weight excluding hydrogens is 428 g/mol. The van der Waals surface area contributed by atoms with Gasteiger partial charge in [0.1, 0.15) is 16.4 Å². The van der Waals surface area contributed by atoms with Crippen LogP contribution in [0.4, 0.5) is 5.69 Å². The Morgan fingerprint density at radius 1 is 0.906 bits per heavy atom. The second kappa shape index (κ2) is 10.3. The fourth-order valence-corrected chi connectivity index (χ4v) is 4.87. The molecule has 0 spiro atoms. The summed E-state index contributed by atoms with van der Waals surface area (Å²) in [5.74, 6) is 0.215. The first-order valence-corrected chi connectivity index (χ1v) is 11.5. The van der Waals surface area contributed by atoms with E-state index in [1.807, 2.05) is 30.3 Å². The largest absolute Gasteiger partial charge is 0.495 e. The van der Waals surface area contributed by atoms with E-state index in [1.165, 1.54) is 36.7 Å². The number of rotatable bonds is 9. The maximum absolute atomic E-state index is 13.5. The highest BCUT2D eigenvalue weighted by atomic mass is 32.2. The number of hydrogen-bond acceptors (Lipinski definition) is 5. The van der Waals surface area contributed by atoms with Crippen LogP contribution in [-0.2, 0) is 16.6 Å². The number of sulfonamides is 1. The predicted octanol–water partition coefficient (Wildman–Crippen LogP) is 4.17. The molecule has 0 unspecified atom stereocenters. The molecule has 0 aliphatic rings. The third kappa shape index (κ3) is 5.09. The third-order valence-electron chi connectivity index (χ3n) is 4.95. The average molecular weight is 455 g/mol. The van der Waals surface area contributed by atoms with E-state index in [0.29, 0.717) is 11.4 Å². The fraction of sp³-hybridized carbons (Fsp3) is 0.208. The molecule has 0 heterocycles. The molecule has 168 valence electrons. The Morgan fingerprint density at radius 3 is 2.22 bits per heavy atom. The van der Waals surface area contributed by atoms with Gasteiger partial charge in [-0.05, 0) is 35.9 Å². The van der Waals surface area contributed by atoms with Crippen molar-refractivity contribution in [2.75, 3.05) is 26.1 Å². The van der Waals surface area contributed by atoms with Crippen LogP contribution in [0.15, 0.2) is 77.7 Å². The minimum absolute atomic E-state index is 0.0644. The summed E-state index contributed by atoms with van der Waals surface area (Å²) in [5, 5.41) is 2.76. The highest BCUT2D eigenvalue weighted by Gasteiger charge is 2.28. The first kappa shape index (κ1) is 23.3. The van der Waals surface area contributed by atoms with E-state index in [-0.39, 0.29) is 29.3 Å². The van der Waals surface area contributed by atoms with Gasteiger partial charge in [-0.15, -0.1) is 0 Å². The summed E-state index contributed by atoms with van der Waals surface area (Å²) in [6, 6.07) is 20.7. The van der Waals surface area contributed by atoms with Gasteiger partial charge < -0.3 is 14.8 Å². The lowest BCUT2D eigenvalue weighted by Crippen LogP contribution is -2.31. The summed E-state index contributed by atoms with van der Waals surface area (Å²) >= 11 is 0. The average Bonchev–Trinajstić information content (AvgIpc) is 2.82. The van der Waals surface area contributed by atoms with Crippen LogP contribution in [0.3, 0.4) is 0 Å². The van der Waals surface area contributed by atoms with Crippen molar-refractivity contribution in [2.45, 2.75) is 18.4 Å². The van der Waals surface area contributed by atoms with Crippen molar-refractivity contribution in [2.24, 2.45) is 0 Å². The van der Waals surface area contributed by atoms with E-state index < -0.39 is 15.9 Å². The zero-order valence-corrected chi connectivity index (χ0v) is 19.1. The molecule has 0 saturated heterocycles. The molecule has 32 heavy (non-hydrogen) atoms. The number of carbonyl (C=O) groups excluding carboxylic acids is 1. The standard InChI is InChI=1S/C24H26N2O5S/c1-4-26(17-18-10-6-5-7-11-18)32(28,29)23-16-19(14-15-22(23)31-3)24(27)25-20-12-8-9-13-21(20)30-2/h5-16H,4,17H2,1-3H3,(H,25,27). The zero-order chi connectivity index (χ0) is 23.1. The number of carbonyl (C=O) groups is 1. The zero-order valence-electron chi connectivity index (χ0n) is 18.2. The molecule has 8 heteroatoms. The van der Waals surface area contributed by atoms with Crippen LogP contribution in [0.1, 0.15) is 22.8 Å². The third-order valence-corrected chi connectivity index (χ3v) is 6.90. The van der Waals surface area contributed by atoms with Gasteiger partial charge in [-0.2, -0.15) is 4.31 Å². The molecule has 3 aromatic rings. The van der Waals surface area contributed by atoms with E-state index in [0.717, 1.165) is 5.56 Å². The molecule has 0 radical (unpaired) electrons. The number of methoxy groups -OCH3 is 2. The summed E-state index contributed by atoms with van der Waals surface area (Å²) in [5.41, 5.74) is 1.53. The number of amides is 1. The lowest BCUT2D eigenvalue weighted by atomic mass is 10.2. The minimum atomic E-state index is -3.93. The Morgan fingerprint density at radius 2 is 1.56 bits per heavy atom. The van der Waals surface area contributed by atoms with Gasteiger partial charge in [0.25, 0.3) is 5.91 Å². The van der Waals surface area contributed by atoms with Crippen LogP contribution in [0.5, 0.6) is 11.5 Å². The maximum Gasteiger partial charge on any atom is 0.255 e. The van der Waals surface area contributed by atoms with Gasteiger partial charge in [-0.25, -0.2) is 8.42 Å². The molecule has 0 bridgehead atoms. The van der Waals surface area contributed by atoms with Gasteiger partial charge in [0, 0.05) is 18.7 Å². The summed E-state index contributed by atoms with van der Waals surface area (Å²) in [6.45, 7) is 2.24. The molecule has 3 aromatic carbocycles. The van der Waals surface area contributed by atoms with Crippen LogP contribution in [0.2, 0.25) is 0 Å². The number of para-hydroxylation sites is 2. The normalized spacial score (nSPS) is 11.2. The molecule has 0 atom stereocenters. The van der Waals surface area contributed by atoms with Gasteiger partial charge in [-0.3, -0.25) is 4.79 Å². The fourth-order valence-electron chi connectivity index (χ4n) is 3.25. The van der Waals surface area contributed by atoms with Crippen molar-refractivity contribution in [3.63, 3.8) is 0 Å². The Balaban J connectivity index is 1.95. The van der Waals surface area contributed by atoms with Crippen LogP contribution < -0.4 is 14.8 Å². The van der Waals surface area contributed by atoms with Crippen molar-refractivity contribution in [3.05, 3.63) is 83.9 Å². The SMILES string of the molecule is CCN(Cc1ccccc1)S(=O)(=O)c1cc(C(=O)Nc2ccccc2OC)ccc1OC. The molecule has 1 N–H and O–H groups in total. The molecular formula is C24H26N2O5S. The first-order valence-electron chi connectivity index (χ1n) is 10.1. The van der Waals surface area contributed by atoms with E-state index in [4.69, 9.17) is 9.47 Å². The van der Waals surface area contributed by atoms with Gasteiger partial charge in [0.15, 0.2) is 0 Å². The number of ether oxygens (including phenoxy) is 2. The van der Waals surface area contributed by atoms with E-state index in [2.05, 4.69) is 5.32 Å². The van der Waals surface area contributed by atoms with Crippen molar-refractivity contribution < 1.29 is 22.7 Å². The van der Waals surface area contributed by atoms with Crippen LogP contribution >= 0.6 is 0 Å². The van der Waals surface area contributed by atoms with Crippen molar-refractivity contribution >= 4 is 21.6 Å². The summed E-state index contributed by atoms with van der Waals surface area (Å²) in [4.78, 5) is 12.8. The molecule has 0 saturated carbocycles. The predicted molar refractivity (Wildman–Crippen MR) is 124 cm³/mol. The highest BCUT2D eigenvalue weighted by Crippen LogP contribution is 2.30. The summed E-state index contributed by atoms with van der Waals surface area (Å²) in [7, 11) is -1.02. The van der Waals surface area contributed by atoms with Gasteiger partial charge in [0.2, 0.25) is 10.0 Å². The van der Waals surface area contributed by atoms with Crippen LogP contribution in [0, 0.1) is 0 Å². The second-order valence-corrected chi connectivity index (χ2v) is 8.84. The van der Waals surface area contributed by atoms with E-state index >= 15 is 0 Å². The first-order chi connectivity index (χ1) is 15.4. The molecule has 0 aliphatic heterocycles. The van der Waals surface area contributed by atoms with Gasteiger partial charge in [-0.1, -0.05) is 49.4 Å². The van der Waals surface area contributed by atoms with Crippen LogP contribution in [-0.4, -0.2) is 39.4 Å². The van der Waals surface area contributed by atoms with E-state index in [9.17, 15) is 13.2 Å². The number of hydrogen-bond donors (Lipinski definition) is 1. The lowest BCUT2D eigenvalue weighted by molar-refractivity contribution is 0.102. The van der Waals surface area contributed by atoms with Gasteiger partial charge in [0.05, 0.1) is 19.9 Å². The Kier molecular flexibility index (Phi) is 7.50. The van der Waals surface area contributed by atoms with Crippen molar-refractivity contribution in [3.8, 4) is 11.5 Å². The number of nitrogens with zero attached hydrogens (tertiary/aromatic N) is 1. The molecule has 1 amide bonds. The summed E-state index contributed by atoms with van der Waals surface area (Å²) in [6.07, 6.45) is 0. The lowest BCUT2D eigenvalue weighted by Gasteiger charge is -2.22.